The molecule has 0 heterocycles. The van der Waals surface area contributed by atoms with Gasteiger partial charge in [0, 0.05) is 42.6 Å². The van der Waals surface area contributed by atoms with Crippen LogP contribution in [0.1, 0.15) is 55.4 Å². The van der Waals surface area contributed by atoms with E-state index in [9.17, 15) is 8.42 Å². The molecule has 0 aliphatic heterocycles. The molecule has 0 N–H and O–H groups in total. The van der Waals surface area contributed by atoms with Crippen LogP contribution in [0.3, 0.4) is 0 Å². The lowest BCUT2D eigenvalue weighted by molar-refractivity contribution is 0.669. The number of rotatable bonds is 4. The summed E-state index contributed by atoms with van der Waals surface area (Å²) in [5.41, 5.74) is 0. The van der Waals surface area contributed by atoms with Crippen molar-refractivity contribution in [2.75, 3.05) is 0 Å². The molecule has 0 saturated heterocycles. The third-order valence-corrected chi connectivity index (χ3v) is 5.58. The Morgan fingerprint density at radius 2 is 0.625 bits per heavy atom. The normalized spacial score (nSPS) is 11.9. The van der Waals surface area contributed by atoms with Crippen LogP contribution in [0.25, 0.3) is 0 Å². The van der Waals surface area contributed by atoms with Gasteiger partial charge in [-0.15, -0.1) is 0 Å². The summed E-state index contributed by atoms with van der Waals surface area (Å²) >= 11 is 0. The highest BCUT2D eigenvalue weighted by atomic mass is 32.2. The van der Waals surface area contributed by atoms with Crippen molar-refractivity contribution in [2.24, 2.45) is 0 Å². The molecule has 0 fully saturated rings. The lowest BCUT2D eigenvalue weighted by Crippen LogP contribution is -2.15. The summed E-state index contributed by atoms with van der Waals surface area (Å²) in [6.07, 6.45) is 0. The SMILES string of the molecule is CC(C)S(=O)C(C)C.CC(C)S(=O)C(C)C. The average Bonchev–Trinajstić information content (AvgIpc) is 2.15. The highest BCUT2D eigenvalue weighted by Crippen LogP contribution is 2.01. The first kappa shape index (κ1) is 18.7. The minimum absolute atomic E-state index is 0.315. The van der Waals surface area contributed by atoms with Crippen LogP contribution in [-0.2, 0) is 21.6 Å². The van der Waals surface area contributed by atoms with Gasteiger partial charge in [0.1, 0.15) is 0 Å². The van der Waals surface area contributed by atoms with E-state index in [0.29, 0.717) is 21.0 Å². The van der Waals surface area contributed by atoms with Gasteiger partial charge in [-0.05, 0) is 0 Å². The maximum absolute atomic E-state index is 11.0. The largest absolute Gasteiger partial charge is 0.259 e. The zero-order valence-corrected chi connectivity index (χ0v) is 13.6. The van der Waals surface area contributed by atoms with Crippen LogP contribution in [-0.4, -0.2) is 29.4 Å². The van der Waals surface area contributed by atoms with Crippen molar-refractivity contribution in [2.45, 2.75) is 76.4 Å². The van der Waals surface area contributed by atoms with Crippen molar-refractivity contribution in [3.8, 4) is 0 Å². The topological polar surface area (TPSA) is 34.1 Å². The fourth-order valence-electron chi connectivity index (χ4n) is 1.09. The predicted molar refractivity (Wildman–Crippen MR) is 76.8 cm³/mol. The van der Waals surface area contributed by atoms with Gasteiger partial charge in [0.15, 0.2) is 0 Å². The molecule has 0 bridgehead atoms. The zero-order chi connectivity index (χ0) is 13.5. The summed E-state index contributed by atoms with van der Waals surface area (Å²) in [5.74, 6) is 0. The molecule has 0 unspecified atom stereocenters. The molecule has 0 spiro atoms. The maximum Gasteiger partial charge on any atom is 0.0294 e. The highest BCUT2D eigenvalue weighted by Gasteiger charge is 2.08. The Bertz CT molecular complexity index is 177. The van der Waals surface area contributed by atoms with Crippen molar-refractivity contribution in [3.63, 3.8) is 0 Å². The van der Waals surface area contributed by atoms with E-state index in [1.807, 2.05) is 55.4 Å². The Hall–Kier alpha value is 0.300. The number of hydrogen-bond donors (Lipinski definition) is 0. The van der Waals surface area contributed by atoms with E-state index in [-0.39, 0.29) is 0 Å². The summed E-state index contributed by atoms with van der Waals surface area (Å²) in [7, 11) is -1.25. The summed E-state index contributed by atoms with van der Waals surface area (Å²) in [4.78, 5) is 0. The van der Waals surface area contributed by atoms with E-state index in [1.165, 1.54) is 0 Å². The molecule has 4 heteroatoms. The third kappa shape index (κ3) is 9.52. The van der Waals surface area contributed by atoms with Gasteiger partial charge in [-0.1, -0.05) is 55.4 Å². The molecular formula is C12H28O2S2. The second-order valence-electron chi connectivity index (χ2n) is 4.85. The van der Waals surface area contributed by atoms with Crippen molar-refractivity contribution in [3.05, 3.63) is 0 Å². The lowest BCUT2D eigenvalue weighted by Gasteiger charge is -2.06. The van der Waals surface area contributed by atoms with E-state index in [0.717, 1.165) is 0 Å². The fourth-order valence-corrected chi connectivity index (χ4v) is 3.27. The van der Waals surface area contributed by atoms with Gasteiger partial charge in [0.25, 0.3) is 0 Å². The predicted octanol–water partition coefficient (Wildman–Crippen LogP) is 3.10. The zero-order valence-electron chi connectivity index (χ0n) is 11.9. The molecule has 0 radical (unpaired) electrons. The van der Waals surface area contributed by atoms with Crippen LogP contribution in [0.2, 0.25) is 0 Å². The Morgan fingerprint density at radius 1 is 0.500 bits per heavy atom. The molecule has 0 aromatic carbocycles. The Kier molecular flexibility index (Phi) is 10.9. The molecule has 0 amide bonds. The van der Waals surface area contributed by atoms with Crippen LogP contribution in [0, 0.1) is 0 Å². The van der Waals surface area contributed by atoms with Crippen LogP contribution >= 0.6 is 0 Å². The minimum atomic E-state index is -0.623. The quantitative estimate of drug-likeness (QED) is 0.785. The Morgan fingerprint density at radius 3 is 0.625 bits per heavy atom. The van der Waals surface area contributed by atoms with Crippen LogP contribution in [0.15, 0.2) is 0 Å². The second kappa shape index (κ2) is 9.34. The molecule has 16 heavy (non-hydrogen) atoms. The lowest BCUT2D eigenvalue weighted by atomic mass is 10.5. The van der Waals surface area contributed by atoms with Crippen LogP contribution < -0.4 is 0 Å². The molecular weight excluding hydrogens is 240 g/mol. The first-order valence-corrected chi connectivity index (χ1v) is 8.45. The monoisotopic (exact) mass is 268 g/mol. The van der Waals surface area contributed by atoms with E-state index >= 15 is 0 Å². The summed E-state index contributed by atoms with van der Waals surface area (Å²) in [6.45, 7) is 15.9. The minimum Gasteiger partial charge on any atom is -0.259 e. The molecule has 0 aromatic rings. The van der Waals surface area contributed by atoms with Crippen molar-refractivity contribution in [1.82, 2.24) is 0 Å². The van der Waals surface area contributed by atoms with Gasteiger partial charge >= 0.3 is 0 Å². The molecule has 100 valence electrons. The molecule has 0 aliphatic carbocycles. The van der Waals surface area contributed by atoms with Gasteiger partial charge in [-0.3, -0.25) is 8.42 Å². The average molecular weight is 268 g/mol. The third-order valence-electron chi connectivity index (χ3n) is 1.86. The van der Waals surface area contributed by atoms with E-state index in [4.69, 9.17) is 0 Å². The summed E-state index contributed by atoms with van der Waals surface area (Å²) in [5, 5.41) is 1.26. The highest BCUT2D eigenvalue weighted by molar-refractivity contribution is 7.86. The first-order valence-electron chi connectivity index (χ1n) is 5.89. The molecule has 0 aromatic heterocycles. The maximum atomic E-state index is 11.0. The van der Waals surface area contributed by atoms with E-state index in [2.05, 4.69) is 0 Å². The van der Waals surface area contributed by atoms with Gasteiger partial charge in [0.05, 0.1) is 0 Å². The van der Waals surface area contributed by atoms with Crippen LogP contribution in [0.5, 0.6) is 0 Å². The first-order chi connectivity index (χ1) is 7.11. The fraction of sp³-hybridized carbons (Fsp3) is 1.00. The smallest absolute Gasteiger partial charge is 0.0294 e. The van der Waals surface area contributed by atoms with Gasteiger partial charge < -0.3 is 0 Å². The summed E-state index contributed by atoms with van der Waals surface area (Å²) < 4.78 is 21.9. The molecule has 2 nitrogen and oxygen atoms in total. The Labute approximate surface area is 107 Å². The molecule has 0 aliphatic rings. The van der Waals surface area contributed by atoms with Crippen molar-refractivity contribution in [1.29, 1.82) is 0 Å². The molecule has 0 atom stereocenters. The molecule has 0 saturated carbocycles. The summed E-state index contributed by atoms with van der Waals surface area (Å²) in [6, 6.07) is 0. The van der Waals surface area contributed by atoms with E-state index < -0.39 is 21.6 Å². The van der Waals surface area contributed by atoms with Gasteiger partial charge in [-0.25, -0.2) is 0 Å². The van der Waals surface area contributed by atoms with Gasteiger partial charge in [0.2, 0.25) is 0 Å². The number of hydrogen-bond acceptors (Lipinski definition) is 2. The second-order valence-corrected chi connectivity index (χ2v) is 9.94. The van der Waals surface area contributed by atoms with Crippen molar-refractivity contribution >= 4 is 21.6 Å². The van der Waals surface area contributed by atoms with Crippen LogP contribution in [0.4, 0.5) is 0 Å². The van der Waals surface area contributed by atoms with E-state index in [1.54, 1.807) is 0 Å². The van der Waals surface area contributed by atoms with Gasteiger partial charge in [-0.2, -0.15) is 0 Å². The standard InChI is InChI=1S/2C6H14OS/c2*1-5(2)8(7)6(3)4/h2*5-6H,1-4H3. The van der Waals surface area contributed by atoms with Crippen molar-refractivity contribution < 1.29 is 8.42 Å². The molecule has 0 rings (SSSR count). The Balaban J connectivity index is 0.